The molecule has 21 heavy (non-hydrogen) atoms. The topological polar surface area (TPSA) is 51.4 Å². The number of thiazole rings is 1. The number of fused-ring (bicyclic) bond motifs is 2. The first-order chi connectivity index (χ1) is 10.3. The van der Waals surface area contributed by atoms with Gasteiger partial charge in [-0.25, -0.2) is 4.98 Å². The smallest absolute Gasteiger partial charge is 0.186 e. The highest BCUT2D eigenvalue weighted by atomic mass is 32.1. The van der Waals surface area contributed by atoms with E-state index in [0.717, 1.165) is 42.5 Å². The lowest BCUT2D eigenvalue weighted by Crippen LogP contribution is -2.25. The van der Waals surface area contributed by atoms with Gasteiger partial charge in [-0.15, -0.1) is 11.3 Å². The fourth-order valence-corrected chi connectivity index (χ4v) is 4.26. The van der Waals surface area contributed by atoms with Gasteiger partial charge in [0, 0.05) is 23.0 Å². The van der Waals surface area contributed by atoms with Crippen LogP contribution in [0, 0.1) is 0 Å². The lowest BCUT2D eigenvalue weighted by molar-refractivity contribution is 0.331. The third-order valence-electron chi connectivity index (χ3n) is 4.21. The first-order valence-corrected chi connectivity index (χ1v) is 8.34. The highest BCUT2D eigenvalue weighted by Gasteiger charge is 2.25. The van der Waals surface area contributed by atoms with E-state index in [2.05, 4.69) is 17.0 Å². The van der Waals surface area contributed by atoms with Crippen LogP contribution in [-0.2, 0) is 13.0 Å². The Morgan fingerprint density at radius 2 is 2.24 bits per heavy atom. The van der Waals surface area contributed by atoms with Crippen molar-refractivity contribution in [2.24, 2.45) is 5.73 Å². The van der Waals surface area contributed by atoms with Crippen LogP contribution in [0.2, 0.25) is 0 Å². The van der Waals surface area contributed by atoms with Crippen molar-refractivity contribution in [3.63, 3.8) is 0 Å². The SMILES string of the molecule is NC1CCCc2sc(N3CCOc4ccccc4C3)nc21. The minimum absolute atomic E-state index is 0.120. The Hall–Kier alpha value is -1.59. The molecule has 1 atom stereocenters. The monoisotopic (exact) mass is 301 g/mol. The molecular weight excluding hydrogens is 282 g/mol. The second kappa shape index (κ2) is 5.31. The number of rotatable bonds is 1. The summed E-state index contributed by atoms with van der Waals surface area (Å²) in [7, 11) is 0. The maximum absolute atomic E-state index is 6.20. The molecule has 0 saturated carbocycles. The molecule has 4 rings (SSSR count). The van der Waals surface area contributed by atoms with Gasteiger partial charge in [0.2, 0.25) is 0 Å². The number of nitrogens with two attached hydrogens (primary N) is 1. The molecule has 2 N–H and O–H groups in total. The average Bonchev–Trinajstić information content (AvgIpc) is 2.82. The number of para-hydroxylation sites is 1. The van der Waals surface area contributed by atoms with Crippen LogP contribution in [0.25, 0.3) is 0 Å². The van der Waals surface area contributed by atoms with Crippen molar-refractivity contribution in [3.8, 4) is 5.75 Å². The predicted octanol–water partition coefficient (Wildman–Crippen LogP) is 2.88. The van der Waals surface area contributed by atoms with E-state index in [1.807, 2.05) is 23.5 Å². The largest absolute Gasteiger partial charge is 0.491 e. The maximum Gasteiger partial charge on any atom is 0.186 e. The highest BCUT2D eigenvalue weighted by Crippen LogP contribution is 2.37. The molecule has 2 aromatic rings. The second-order valence-electron chi connectivity index (χ2n) is 5.68. The van der Waals surface area contributed by atoms with E-state index >= 15 is 0 Å². The molecule has 0 amide bonds. The van der Waals surface area contributed by atoms with Crippen LogP contribution in [0.5, 0.6) is 5.75 Å². The van der Waals surface area contributed by atoms with Crippen molar-refractivity contribution in [1.29, 1.82) is 0 Å². The summed E-state index contributed by atoms with van der Waals surface area (Å²) < 4.78 is 5.83. The van der Waals surface area contributed by atoms with Crippen molar-refractivity contribution >= 4 is 16.5 Å². The van der Waals surface area contributed by atoms with E-state index in [9.17, 15) is 0 Å². The minimum Gasteiger partial charge on any atom is -0.491 e. The summed E-state index contributed by atoms with van der Waals surface area (Å²) in [5.74, 6) is 0.998. The van der Waals surface area contributed by atoms with Crippen LogP contribution >= 0.6 is 11.3 Å². The van der Waals surface area contributed by atoms with Crippen LogP contribution in [0.15, 0.2) is 24.3 Å². The fraction of sp³-hybridized carbons (Fsp3) is 0.438. The quantitative estimate of drug-likeness (QED) is 0.880. The van der Waals surface area contributed by atoms with Crippen LogP contribution in [0.1, 0.15) is 35.0 Å². The van der Waals surface area contributed by atoms with Gasteiger partial charge in [0.1, 0.15) is 12.4 Å². The number of nitrogens with zero attached hydrogens (tertiary/aromatic N) is 2. The Balaban J connectivity index is 1.65. The Bertz CT molecular complexity index is 655. The summed E-state index contributed by atoms with van der Waals surface area (Å²) in [6, 6.07) is 8.38. The molecule has 0 fully saturated rings. The molecule has 1 aliphatic heterocycles. The van der Waals surface area contributed by atoms with E-state index < -0.39 is 0 Å². The molecule has 2 aliphatic rings. The van der Waals surface area contributed by atoms with Crippen LogP contribution < -0.4 is 15.4 Å². The van der Waals surface area contributed by atoms with Crippen molar-refractivity contribution in [2.45, 2.75) is 31.8 Å². The summed E-state index contributed by atoms with van der Waals surface area (Å²) in [5.41, 5.74) is 8.55. The molecule has 2 heterocycles. The van der Waals surface area contributed by atoms with Gasteiger partial charge in [-0.3, -0.25) is 0 Å². The normalized spacial score (nSPS) is 21.2. The van der Waals surface area contributed by atoms with Gasteiger partial charge in [0.15, 0.2) is 5.13 Å². The van der Waals surface area contributed by atoms with Crippen molar-refractivity contribution in [3.05, 3.63) is 40.4 Å². The van der Waals surface area contributed by atoms with Gasteiger partial charge in [0.25, 0.3) is 0 Å². The first-order valence-electron chi connectivity index (χ1n) is 7.52. The Kier molecular flexibility index (Phi) is 3.31. The van der Waals surface area contributed by atoms with Crippen molar-refractivity contribution in [2.75, 3.05) is 18.1 Å². The predicted molar refractivity (Wildman–Crippen MR) is 85.0 cm³/mol. The van der Waals surface area contributed by atoms with Crippen LogP contribution in [-0.4, -0.2) is 18.1 Å². The number of hydrogen-bond acceptors (Lipinski definition) is 5. The van der Waals surface area contributed by atoms with E-state index in [1.54, 1.807) is 0 Å². The maximum atomic E-state index is 6.20. The fourth-order valence-electron chi connectivity index (χ4n) is 3.06. The van der Waals surface area contributed by atoms with Gasteiger partial charge in [-0.2, -0.15) is 0 Å². The summed E-state index contributed by atoms with van der Waals surface area (Å²) in [6.07, 6.45) is 3.37. The molecule has 0 spiro atoms. The number of aromatic nitrogens is 1. The van der Waals surface area contributed by atoms with Crippen molar-refractivity contribution < 1.29 is 4.74 Å². The third-order valence-corrected chi connectivity index (χ3v) is 5.40. The Morgan fingerprint density at radius 1 is 1.33 bits per heavy atom. The summed E-state index contributed by atoms with van der Waals surface area (Å²) in [5, 5.41) is 1.10. The van der Waals surface area contributed by atoms with E-state index in [4.69, 9.17) is 15.5 Å². The highest BCUT2D eigenvalue weighted by molar-refractivity contribution is 7.15. The zero-order chi connectivity index (χ0) is 14.2. The molecule has 0 bridgehead atoms. The van der Waals surface area contributed by atoms with Gasteiger partial charge in [-0.05, 0) is 25.3 Å². The number of ether oxygens (including phenoxy) is 1. The van der Waals surface area contributed by atoms with E-state index in [0.29, 0.717) is 6.61 Å². The molecule has 0 saturated heterocycles. The summed E-state index contributed by atoms with van der Waals surface area (Å²) in [6.45, 7) is 2.43. The minimum atomic E-state index is 0.120. The Labute approximate surface area is 128 Å². The molecule has 4 nitrogen and oxygen atoms in total. The second-order valence-corrected chi connectivity index (χ2v) is 6.74. The number of aryl methyl sites for hydroxylation is 1. The summed E-state index contributed by atoms with van der Waals surface area (Å²) in [4.78, 5) is 8.53. The molecule has 1 unspecified atom stereocenters. The molecule has 0 radical (unpaired) electrons. The average molecular weight is 301 g/mol. The number of anilines is 1. The molecule has 1 aromatic carbocycles. The number of benzene rings is 1. The van der Waals surface area contributed by atoms with Crippen molar-refractivity contribution in [1.82, 2.24) is 4.98 Å². The Morgan fingerprint density at radius 3 is 3.14 bits per heavy atom. The zero-order valence-electron chi connectivity index (χ0n) is 11.9. The standard InChI is InChI=1S/C16H19N3OS/c17-12-5-3-7-14-15(12)18-16(21-14)19-8-9-20-13-6-2-1-4-11(13)10-19/h1-2,4,6,12H,3,5,7-10,17H2. The lowest BCUT2D eigenvalue weighted by atomic mass is 9.99. The molecular formula is C16H19N3OS. The van der Waals surface area contributed by atoms with Crippen LogP contribution in [0.4, 0.5) is 5.13 Å². The lowest BCUT2D eigenvalue weighted by Gasteiger charge is -2.18. The van der Waals surface area contributed by atoms with Crippen LogP contribution in [0.3, 0.4) is 0 Å². The first kappa shape index (κ1) is 13.1. The van der Waals surface area contributed by atoms with Gasteiger partial charge < -0.3 is 15.4 Å². The molecule has 5 heteroatoms. The van der Waals surface area contributed by atoms with Gasteiger partial charge >= 0.3 is 0 Å². The van der Waals surface area contributed by atoms with Gasteiger partial charge in [-0.1, -0.05) is 18.2 Å². The summed E-state index contributed by atoms with van der Waals surface area (Å²) >= 11 is 1.81. The molecule has 1 aliphatic carbocycles. The van der Waals surface area contributed by atoms with E-state index in [1.165, 1.54) is 16.9 Å². The van der Waals surface area contributed by atoms with Gasteiger partial charge in [0.05, 0.1) is 12.2 Å². The third kappa shape index (κ3) is 2.40. The van der Waals surface area contributed by atoms with E-state index in [-0.39, 0.29) is 6.04 Å². The molecule has 1 aromatic heterocycles. The zero-order valence-corrected chi connectivity index (χ0v) is 12.7. The molecule has 110 valence electrons. The number of hydrogen-bond donors (Lipinski definition) is 1.